The molecular formula is C19H22N2O2. The van der Waals surface area contributed by atoms with E-state index in [1.54, 1.807) is 6.92 Å². The number of rotatable bonds is 7. The van der Waals surface area contributed by atoms with Crippen LogP contribution in [-0.4, -0.2) is 18.0 Å². The molecule has 4 heteroatoms. The molecule has 3 atom stereocenters. The highest BCUT2D eigenvalue weighted by molar-refractivity contribution is 5.79. The lowest BCUT2D eigenvalue weighted by Gasteiger charge is -2.10. The third kappa shape index (κ3) is 4.11. The van der Waals surface area contributed by atoms with Crippen LogP contribution in [0.4, 0.5) is 0 Å². The molecule has 0 spiro atoms. The van der Waals surface area contributed by atoms with Gasteiger partial charge in [0.2, 0.25) is 5.91 Å². The summed E-state index contributed by atoms with van der Waals surface area (Å²) >= 11 is 0. The van der Waals surface area contributed by atoms with E-state index in [0.717, 1.165) is 17.7 Å². The van der Waals surface area contributed by atoms with Crippen LogP contribution < -0.4 is 15.8 Å². The molecule has 0 radical (unpaired) electrons. The zero-order valence-corrected chi connectivity index (χ0v) is 13.2. The molecule has 2 aromatic rings. The molecule has 1 amide bonds. The fraction of sp³-hybridized carbons (Fsp3) is 0.316. The number of benzene rings is 2. The first-order chi connectivity index (χ1) is 11.1. The third-order valence-electron chi connectivity index (χ3n) is 4.24. The highest BCUT2D eigenvalue weighted by Crippen LogP contribution is 2.41. The van der Waals surface area contributed by atoms with E-state index < -0.39 is 0 Å². The molecule has 1 fully saturated rings. The number of carbonyl (C=O) groups excluding carboxylic acids is 1. The van der Waals surface area contributed by atoms with Crippen molar-refractivity contribution in [3.8, 4) is 5.75 Å². The van der Waals surface area contributed by atoms with Crippen molar-refractivity contribution in [2.45, 2.75) is 38.0 Å². The van der Waals surface area contributed by atoms with Gasteiger partial charge in [0.25, 0.3) is 0 Å². The average molecular weight is 310 g/mol. The summed E-state index contributed by atoms with van der Waals surface area (Å²) in [5, 5.41) is 3.26. The van der Waals surface area contributed by atoms with E-state index in [-0.39, 0.29) is 11.9 Å². The molecule has 1 aliphatic carbocycles. The second-order valence-electron chi connectivity index (χ2n) is 6.08. The van der Waals surface area contributed by atoms with E-state index in [1.807, 2.05) is 30.3 Å². The highest BCUT2D eigenvalue weighted by Gasteiger charge is 2.39. The van der Waals surface area contributed by atoms with Crippen LogP contribution >= 0.6 is 0 Å². The molecule has 0 saturated heterocycles. The molecule has 0 aliphatic heterocycles. The molecule has 4 nitrogen and oxygen atoms in total. The van der Waals surface area contributed by atoms with Gasteiger partial charge in [-0.2, -0.15) is 0 Å². The minimum Gasteiger partial charge on any atom is -0.489 e. The second kappa shape index (κ2) is 6.84. The normalized spacial score (nSPS) is 20.7. The summed E-state index contributed by atoms with van der Waals surface area (Å²) in [5.41, 5.74) is 7.71. The first kappa shape index (κ1) is 15.6. The van der Waals surface area contributed by atoms with Gasteiger partial charge in [-0.25, -0.2) is 0 Å². The molecule has 23 heavy (non-hydrogen) atoms. The van der Waals surface area contributed by atoms with Gasteiger partial charge in [0.1, 0.15) is 12.4 Å². The van der Waals surface area contributed by atoms with E-state index >= 15 is 0 Å². The van der Waals surface area contributed by atoms with Crippen molar-refractivity contribution >= 4 is 5.91 Å². The van der Waals surface area contributed by atoms with Gasteiger partial charge in [0.15, 0.2) is 0 Å². The Labute approximate surface area is 136 Å². The maximum atomic E-state index is 11.1. The van der Waals surface area contributed by atoms with Crippen LogP contribution in [0.2, 0.25) is 0 Å². The molecule has 0 aromatic heterocycles. The Hall–Kier alpha value is -2.33. The van der Waals surface area contributed by atoms with Crippen molar-refractivity contribution in [2.75, 3.05) is 0 Å². The Morgan fingerprint density at radius 2 is 1.91 bits per heavy atom. The Balaban J connectivity index is 1.51. The second-order valence-corrected chi connectivity index (χ2v) is 6.08. The number of ether oxygens (including phenoxy) is 1. The van der Waals surface area contributed by atoms with Gasteiger partial charge in [-0.1, -0.05) is 42.5 Å². The minimum absolute atomic E-state index is 0.279. The lowest BCUT2D eigenvalue weighted by Crippen LogP contribution is -2.40. The number of hydrogen-bond acceptors (Lipinski definition) is 3. The largest absolute Gasteiger partial charge is 0.489 e. The predicted molar refractivity (Wildman–Crippen MR) is 90.2 cm³/mol. The summed E-state index contributed by atoms with van der Waals surface area (Å²) in [4.78, 5) is 11.1. The Bertz CT molecular complexity index is 655. The molecule has 120 valence electrons. The van der Waals surface area contributed by atoms with Crippen LogP contribution in [0.3, 0.4) is 0 Å². The smallest absolute Gasteiger partial charge is 0.234 e. The molecular weight excluding hydrogens is 288 g/mol. The SMILES string of the molecule is C[C@H](N[C@@H]1C[C@H]1c1ccc(OCc2ccccc2)cc1)C(N)=O. The van der Waals surface area contributed by atoms with Crippen molar-refractivity contribution in [3.63, 3.8) is 0 Å². The van der Waals surface area contributed by atoms with Gasteiger partial charge in [0, 0.05) is 12.0 Å². The van der Waals surface area contributed by atoms with Crippen LogP contribution in [-0.2, 0) is 11.4 Å². The number of amides is 1. The van der Waals surface area contributed by atoms with Crippen LogP contribution in [0, 0.1) is 0 Å². The quantitative estimate of drug-likeness (QED) is 0.826. The summed E-state index contributed by atoms with van der Waals surface area (Å²) < 4.78 is 5.79. The van der Waals surface area contributed by atoms with Crippen molar-refractivity contribution in [3.05, 3.63) is 65.7 Å². The van der Waals surface area contributed by atoms with E-state index in [2.05, 4.69) is 29.6 Å². The molecule has 0 bridgehead atoms. The fourth-order valence-corrected chi connectivity index (χ4v) is 2.70. The van der Waals surface area contributed by atoms with Crippen LogP contribution in [0.1, 0.15) is 30.4 Å². The van der Waals surface area contributed by atoms with Crippen LogP contribution in [0.25, 0.3) is 0 Å². The van der Waals surface area contributed by atoms with Gasteiger partial charge in [0.05, 0.1) is 6.04 Å². The van der Waals surface area contributed by atoms with Crippen molar-refractivity contribution < 1.29 is 9.53 Å². The van der Waals surface area contributed by atoms with Crippen molar-refractivity contribution in [1.29, 1.82) is 0 Å². The zero-order chi connectivity index (χ0) is 16.2. The Morgan fingerprint density at radius 1 is 1.22 bits per heavy atom. The summed E-state index contributed by atoms with van der Waals surface area (Å²) in [6, 6.07) is 18.4. The number of nitrogens with one attached hydrogen (secondary N) is 1. The van der Waals surface area contributed by atoms with E-state index in [1.165, 1.54) is 5.56 Å². The maximum Gasteiger partial charge on any atom is 0.234 e. The van der Waals surface area contributed by atoms with Crippen LogP contribution in [0.15, 0.2) is 54.6 Å². The van der Waals surface area contributed by atoms with Gasteiger partial charge < -0.3 is 15.8 Å². The predicted octanol–water partition coefficient (Wildman–Crippen LogP) is 2.58. The lowest BCUT2D eigenvalue weighted by molar-refractivity contribution is -0.119. The molecule has 3 N–H and O–H groups in total. The molecule has 3 rings (SSSR count). The molecule has 1 aliphatic rings. The molecule has 1 saturated carbocycles. The lowest BCUT2D eigenvalue weighted by atomic mass is 10.1. The summed E-state index contributed by atoms with van der Waals surface area (Å²) in [7, 11) is 0. The maximum absolute atomic E-state index is 11.1. The number of carbonyl (C=O) groups is 1. The number of primary amides is 1. The topological polar surface area (TPSA) is 64.3 Å². The van der Waals surface area contributed by atoms with Gasteiger partial charge in [-0.3, -0.25) is 4.79 Å². The zero-order valence-electron chi connectivity index (χ0n) is 13.2. The van der Waals surface area contributed by atoms with Crippen LogP contribution in [0.5, 0.6) is 5.75 Å². The van der Waals surface area contributed by atoms with E-state index in [4.69, 9.17) is 10.5 Å². The Kier molecular flexibility index (Phi) is 4.63. The molecule has 0 unspecified atom stereocenters. The molecule has 2 aromatic carbocycles. The highest BCUT2D eigenvalue weighted by atomic mass is 16.5. The van der Waals surface area contributed by atoms with E-state index in [9.17, 15) is 4.79 Å². The number of nitrogens with two attached hydrogens (primary N) is 1. The minimum atomic E-state index is -0.305. The van der Waals surface area contributed by atoms with Gasteiger partial charge in [-0.15, -0.1) is 0 Å². The summed E-state index contributed by atoms with van der Waals surface area (Å²) in [6.07, 6.45) is 1.04. The first-order valence-corrected chi connectivity index (χ1v) is 7.95. The third-order valence-corrected chi connectivity index (χ3v) is 4.24. The van der Waals surface area contributed by atoms with Crippen molar-refractivity contribution in [2.24, 2.45) is 5.73 Å². The Morgan fingerprint density at radius 3 is 2.57 bits per heavy atom. The van der Waals surface area contributed by atoms with Gasteiger partial charge in [-0.05, 0) is 36.6 Å². The fourth-order valence-electron chi connectivity index (χ4n) is 2.70. The standard InChI is InChI=1S/C19H22N2O2/c1-13(19(20)22)21-18-11-17(18)15-7-9-16(10-8-15)23-12-14-5-3-2-4-6-14/h2-10,13,17-18,21H,11-12H2,1H3,(H2,20,22)/t13-,17-,18+/m0/s1. The number of hydrogen-bond donors (Lipinski definition) is 2. The van der Waals surface area contributed by atoms with Gasteiger partial charge >= 0.3 is 0 Å². The monoisotopic (exact) mass is 310 g/mol. The van der Waals surface area contributed by atoms with E-state index in [0.29, 0.717) is 18.6 Å². The molecule has 0 heterocycles. The summed E-state index contributed by atoms with van der Waals surface area (Å²) in [5.74, 6) is 1.02. The first-order valence-electron chi connectivity index (χ1n) is 7.95. The average Bonchev–Trinajstić information content (AvgIpc) is 3.33. The van der Waals surface area contributed by atoms with Crippen molar-refractivity contribution in [1.82, 2.24) is 5.32 Å². The summed E-state index contributed by atoms with van der Waals surface area (Å²) in [6.45, 7) is 2.38.